The molecular weight excluding hydrogens is 334 g/mol. The van der Waals surface area contributed by atoms with Crippen LogP contribution in [0.5, 0.6) is 0 Å². The molecule has 0 saturated carbocycles. The lowest BCUT2D eigenvalue weighted by Crippen LogP contribution is -2.13. The van der Waals surface area contributed by atoms with E-state index in [9.17, 15) is 5.11 Å². The van der Waals surface area contributed by atoms with Crippen molar-refractivity contribution in [3.63, 3.8) is 0 Å². The smallest absolute Gasteiger partial charge is 0.0837 e. The van der Waals surface area contributed by atoms with Crippen molar-refractivity contribution in [1.29, 1.82) is 0 Å². The van der Waals surface area contributed by atoms with Gasteiger partial charge in [-0.25, -0.2) is 0 Å². The predicted octanol–water partition coefficient (Wildman–Crippen LogP) is 4.95. The van der Waals surface area contributed by atoms with Crippen LogP contribution in [0.2, 0.25) is 0 Å². The van der Waals surface area contributed by atoms with Gasteiger partial charge in [0.05, 0.1) is 12.6 Å². The van der Waals surface area contributed by atoms with Crippen LogP contribution >= 0.6 is 27.3 Å². The topological polar surface area (TPSA) is 32.3 Å². The molecule has 2 aromatic rings. The summed E-state index contributed by atoms with van der Waals surface area (Å²) in [6, 6.07) is 12.2. The zero-order chi connectivity index (χ0) is 14.8. The fourth-order valence-corrected chi connectivity index (χ4v) is 3.44. The highest BCUT2D eigenvalue weighted by atomic mass is 79.9. The van der Waals surface area contributed by atoms with Crippen LogP contribution in [0.25, 0.3) is 0 Å². The number of halogens is 1. The molecule has 2 nitrogen and oxygen atoms in total. The minimum atomic E-state index is -0.0644. The molecule has 0 spiro atoms. The molecule has 108 valence electrons. The molecule has 2 N–H and O–H groups in total. The molecule has 4 heteroatoms. The van der Waals surface area contributed by atoms with Crippen molar-refractivity contribution in [2.24, 2.45) is 0 Å². The predicted molar refractivity (Wildman–Crippen MR) is 90.6 cm³/mol. The number of hydrogen-bond acceptors (Lipinski definition) is 3. The number of thiophene rings is 1. The maximum absolute atomic E-state index is 9.65. The summed E-state index contributed by atoms with van der Waals surface area (Å²) in [5, 5.41) is 13.0. The Morgan fingerprint density at radius 1 is 1.25 bits per heavy atom. The van der Waals surface area contributed by atoms with Crippen LogP contribution in [0.4, 0.5) is 5.69 Å². The Bertz CT molecular complexity index is 574. The SMILES string of the molecule is CC(C)(C)c1ccc(C(CO)Nc2cccc(Br)c2)s1. The first-order chi connectivity index (χ1) is 9.40. The number of benzene rings is 1. The first-order valence-corrected chi connectivity index (χ1v) is 8.24. The fourth-order valence-electron chi connectivity index (χ4n) is 1.93. The van der Waals surface area contributed by atoms with Gasteiger partial charge in [0.15, 0.2) is 0 Å². The average molecular weight is 354 g/mol. The van der Waals surface area contributed by atoms with Crippen molar-refractivity contribution >= 4 is 33.0 Å². The Kier molecular flexibility index (Phi) is 4.89. The normalized spacial score (nSPS) is 13.2. The van der Waals surface area contributed by atoms with E-state index in [1.165, 1.54) is 4.88 Å². The fraction of sp³-hybridized carbons (Fsp3) is 0.375. The van der Waals surface area contributed by atoms with Crippen LogP contribution in [0.3, 0.4) is 0 Å². The lowest BCUT2D eigenvalue weighted by atomic mass is 9.95. The molecule has 0 fully saturated rings. The van der Waals surface area contributed by atoms with Crippen LogP contribution in [-0.4, -0.2) is 11.7 Å². The van der Waals surface area contributed by atoms with E-state index in [1.807, 2.05) is 24.3 Å². The van der Waals surface area contributed by atoms with E-state index in [4.69, 9.17) is 0 Å². The number of aliphatic hydroxyl groups is 1. The number of rotatable bonds is 4. The van der Waals surface area contributed by atoms with Gasteiger partial charge in [0, 0.05) is 19.9 Å². The lowest BCUT2D eigenvalue weighted by Gasteiger charge is -2.18. The van der Waals surface area contributed by atoms with Crippen molar-refractivity contribution in [3.8, 4) is 0 Å². The molecule has 1 heterocycles. The Morgan fingerprint density at radius 2 is 2.00 bits per heavy atom. The van der Waals surface area contributed by atoms with Crippen molar-refractivity contribution in [3.05, 3.63) is 50.6 Å². The molecule has 0 amide bonds. The molecule has 1 aromatic heterocycles. The molecule has 20 heavy (non-hydrogen) atoms. The number of anilines is 1. The molecule has 0 saturated heterocycles. The van der Waals surface area contributed by atoms with E-state index >= 15 is 0 Å². The lowest BCUT2D eigenvalue weighted by molar-refractivity contribution is 0.278. The van der Waals surface area contributed by atoms with E-state index in [-0.39, 0.29) is 18.1 Å². The van der Waals surface area contributed by atoms with Gasteiger partial charge < -0.3 is 10.4 Å². The van der Waals surface area contributed by atoms with Crippen LogP contribution in [-0.2, 0) is 5.41 Å². The third kappa shape index (κ3) is 3.84. The molecular formula is C16H20BrNOS. The van der Waals surface area contributed by atoms with E-state index in [0.717, 1.165) is 15.0 Å². The maximum atomic E-state index is 9.65. The minimum Gasteiger partial charge on any atom is -0.394 e. The summed E-state index contributed by atoms with van der Waals surface area (Å²) in [7, 11) is 0. The zero-order valence-corrected chi connectivity index (χ0v) is 14.4. The number of nitrogens with one attached hydrogen (secondary N) is 1. The van der Waals surface area contributed by atoms with Crippen LogP contribution < -0.4 is 5.32 Å². The van der Waals surface area contributed by atoms with Crippen molar-refractivity contribution in [1.82, 2.24) is 0 Å². The Labute approximate surface area is 133 Å². The van der Waals surface area contributed by atoms with E-state index < -0.39 is 0 Å². The molecule has 1 aromatic carbocycles. The second-order valence-corrected chi connectivity index (χ2v) is 7.87. The van der Waals surface area contributed by atoms with E-state index in [1.54, 1.807) is 11.3 Å². The first-order valence-electron chi connectivity index (χ1n) is 6.63. The first kappa shape index (κ1) is 15.5. The number of aliphatic hydroxyl groups excluding tert-OH is 1. The van der Waals surface area contributed by atoms with Crippen LogP contribution in [0, 0.1) is 0 Å². The molecule has 1 unspecified atom stereocenters. The van der Waals surface area contributed by atoms with Gasteiger partial charge in [-0.15, -0.1) is 11.3 Å². The highest BCUT2D eigenvalue weighted by molar-refractivity contribution is 9.10. The molecule has 2 rings (SSSR count). The monoisotopic (exact) mass is 353 g/mol. The average Bonchev–Trinajstić information content (AvgIpc) is 2.85. The summed E-state index contributed by atoms with van der Waals surface area (Å²) in [6.45, 7) is 6.70. The van der Waals surface area contributed by atoms with Crippen LogP contribution in [0.15, 0.2) is 40.9 Å². The summed E-state index contributed by atoms with van der Waals surface area (Å²) in [4.78, 5) is 2.50. The third-order valence-corrected chi connectivity index (χ3v) is 5.18. The molecule has 0 aliphatic rings. The van der Waals surface area contributed by atoms with Crippen LogP contribution in [0.1, 0.15) is 36.6 Å². The third-order valence-electron chi connectivity index (χ3n) is 3.06. The second-order valence-electron chi connectivity index (χ2n) is 5.84. The van der Waals surface area contributed by atoms with Gasteiger partial charge in [0.1, 0.15) is 0 Å². The summed E-state index contributed by atoms with van der Waals surface area (Å²) < 4.78 is 1.03. The molecule has 0 radical (unpaired) electrons. The summed E-state index contributed by atoms with van der Waals surface area (Å²) in [5.41, 5.74) is 1.16. The van der Waals surface area contributed by atoms with Crippen molar-refractivity contribution < 1.29 is 5.11 Å². The summed E-state index contributed by atoms with van der Waals surface area (Å²) in [6.07, 6.45) is 0. The van der Waals surface area contributed by atoms with E-state index in [0.29, 0.717) is 0 Å². The maximum Gasteiger partial charge on any atom is 0.0837 e. The summed E-state index contributed by atoms with van der Waals surface area (Å²) >= 11 is 5.22. The van der Waals surface area contributed by atoms with Gasteiger partial charge >= 0.3 is 0 Å². The standard InChI is InChI=1S/C16H20BrNOS/c1-16(2,3)15-8-7-14(20-15)13(10-19)18-12-6-4-5-11(17)9-12/h4-9,13,18-19H,10H2,1-3H3. The van der Waals surface area contributed by atoms with Gasteiger partial charge in [-0.3, -0.25) is 0 Å². The second kappa shape index (κ2) is 6.29. The van der Waals surface area contributed by atoms with Crippen molar-refractivity contribution in [2.45, 2.75) is 32.2 Å². The van der Waals surface area contributed by atoms with Gasteiger partial charge in [0.2, 0.25) is 0 Å². The van der Waals surface area contributed by atoms with Gasteiger partial charge in [-0.05, 0) is 35.7 Å². The van der Waals surface area contributed by atoms with Gasteiger partial charge in [-0.2, -0.15) is 0 Å². The van der Waals surface area contributed by atoms with Gasteiger partial charge in [-0.1, -0.05) is 42.8 Å². The number of hydrogen-bond donors (Lipinski definition) is 2. The van der Waals surface area contributed by atoms with Gasteiger partial charge in [0.25, 0.3) is 0 Å². The Morgan fingerprint density at radius 3 is 2.55 bits per heavy atom. The van der Waals surface area contributed by atoms with E-state index in [2.05, 4.69) is 54.2 Å². The molecule has 0 aliphatic carbocycles. The highest BCUT2D eigenvalue weighted by Gasteiger charge is 2.19. The summed E-state index contributed by atoms with van der Waals surface area (Å²) in [5.74, 6) is 0. The molecule has 0 aliphatic heterocycles. The largest absolute Gasteiger partial charge is 0.394 e. The Balaban J connectivity index is 2.18. The highest BCUT2D eigenvalue weighted by Crippen LogP contribution is 2.33. The zero-order valence-electron chi connectivity index (χ0n) is 12.0. The Hall–Kier alpha value is -0.840. The van der Waals surface area contributed by atoms with Crippen molar-refractivity contribution in [2.75, 3.05) is 11.9 Å². The molecule has 1 atom stereocenters. The molecule has 0 bridgehead atoms. The quantitative estimate of drug-likeness (QED) is 0.814. The minimum absolute atomic E-state index is 0.0644.